The summed E-state index contributed by atoms with van der Waals surface area (Å²) < 4.78 is 5.17. The Hall–Kier alpha value is -3.35. The van der Waals surface area contributed by atoms with Crippen LogP contribution < -0.4 is 9.64 Å². The number of anilines is 1. The first-order valence-corrected chi connectivity index (χ1v) is 11.6. The number of amides is 3. The summed E-state index contributed by atoms with van der Waals surface area (Å²) >= 11 is 0. The van der Waals surface area contributed by atoms with Crippen LogP contribution in [0.25, 0.3) is 0 Å². The average Bonchev–Trinajstić information content (AvgIpc) is 3.25. The van der Waals surface area contributed by atoms with Gasteiger partial charge in [-0.2, -0.15) is 0 Å². The van der Waals surface area contributed by atoms with Crippen LogP contribution >= 0.6 is 0 Å². The zero-order valence-electron chi connectivity index (χ0n) is 19.1. The van der Waals surface area contributed by atoms with Crippen LogP contribution in [0.2, 0.25) is 0 Å². The summed E-state index contributed by atoms with van der Waals surface area (Å²) in [6.07, 6.45) is 2.47. The van der Waals surface area contributed by atoms with E-state index < -0.39 is 0 Å². The van der Waals surface area contributed by atoms with Crippen LogP contribution in [0.3, 0.4) is 0 Å². The Balaban J connectivity index is 1.23. The van der Waals surface area contributed by atoms with Crippen molar-refractivity contribution in [2.75, 3.05) is 44.7 Å². The predicted octanol–water partition coefficient (Wildman–Crippen LogP) is 2.74. The second-order valence-corrected chi connectivity index (χ2v) is 8.65. The number of aryl methyl sites for hydroxylation is 1. The Morgan fingerprint density at radius 3 is 2.27 bits per heavy atom. The molecule has 0 aromatic heterocycles. The van der Waals surface area contributed by atoms with Gasteiger partial charge in [-0.1, -0.05) is 30.3 Å². The fourth-order valence-corrected chi connectivity index (χ4v) is 4.57. The number of carbonyl (C=O) groups is 3. The van der Waals surface area contributed by atoms with Crippen molar-refractivity contribution in [3.63, 3.8) is 0 Å². The van der Waals surface area contributed by atoms with E-state index in [0.717, 1.165) is 24.3 Å². The normalized spacial score (nSPS) is 18.5. The lowest BCUT2D eigenvalue weighted by Gasteiger charge is -2.36. The highest BCUT2D eigenvalue weighted by atomic mass is 16.5. The van der Waals surface area contributed by atoms with E-state index >= 15 is 0 Å². The molecule has 0 radical (unpaired) electrons. The van der Waals surface area contributed by atoms with Crippen molar-refractivity contribution in [1.29, 1.82) is 0 Å². The topological polar surface area (TPSA) is 70.2 Å². The molecule has 2 fully saturated rings. The Morgan fingerprint density at radius 1 is 0.939 bits per heavy atom. The van der Waals surface area contributed by atoms with Gasteiger partial charge in [0.15, 0.2) is 0 Å². The van der Waals surface area contributed by atoms with Crippen LogP contribution in [0.4, 0.5) is 5.69 Å². The third-order valence-electron chi connectivity index (χ3n) is 6.50. The zero-order chi connectivity index (χ0) is 23.2. The number of rotatable bonds is 7. The second kappa shape index (κ2) is 10.5. The van der Waals surface area contributed by atoms with E-state index in [1.807, 2.05) is 52.3 Å². The molecule has 33 heavy (non-hydrogen) atoms. The predicted molar refractivity (Wildman–Crippen MR) is 126 cm³/mol. The summed E-state index contributed by atoms with van der Waals surface area (Å²) in [7, 11) is 1.60. The highest BCUT2D eigenvalue weighted by Gasteiger charge is 2.38. The lowest BCUT2D eigenvalue weighted by atomic mass is 10.1. The minimum Gasteiger partial charge on any atom is -0.497 e. The van der Waals surface area contributed by atoms with Crippen molar-refractivity contribution in [2.24, 2.45) is 5.92 Å². The van der Waals surface area contributed by atoms with Gasteiger partial charge in [0.2, 0.25) is 17.7 Å². The number of hydrogen-bond donors (Lipinski definition) is 0. The third-order valence-corrected chi connectivity index (χ3v) is 6.50. The Kier molecular flexibility index (Phi) is 7.27. The van der Waals surface area contributed by atoms with Gasteiger partial charge in [0, 0.05) is 51.3 Å². The SMILES string of the molecule is COc1ccc(N2CC(C(=O)N3CCN(C(=O)CCCc4ccccc4)CC3)CC2=O)cc1. The lowest BCUT2D eigenvalue weighted by Crippen LogP contribution is -2.52. The molecule has 3 amide bonds. The van der Waals surface area contributed by atoms with Gasteiger partial charge in [-0.05, 0) is 42.7 Å². The minimum atomic E-state index is -0.340. The van der Waals surface area contributed by atoms with E-state index in [1.54, 1.807) is 12.0 Å². The van der Waals surface area contributed by atoms with Gasteiger partial charge in [-0.25, -0.2) is 0 Å². The number of nitrogens with zero attached hydrogens (tertiary/aromatic N) is 3. The number of hydrogen-bond acceptors (Lipinski definition) is 4. The van der Waals surface area contributed by atoms with Crippen LogP contribution in [0.15, 0.2) is 54.6 Å². The number of benzene rings is 2. The van der Waals surface area contributed by atoms with Crippen molar-refractivity contribution in [2.45, 2.75) is 25.7 Å². The van der Waals surface area contributed by atoms with Crippen LogP contribution in [0, 0.1) is 5.92 Å². The Morgan fingerprint density at radius 2 is 1.61 bits per heavy atom. The summed E-state index contributed by atoms with van der Waals surface area (Å²) in [6.45, 7) is 2.55. The van der Waals surface area contributed by atoms with Crippen molar-refractivity contribution in [3.8, 4) is 5.75 Å². The number of methoxy groups -OCH3 is 1. The molecule has 4 rings (SSSR count). The number of piperazine rings is 1. The Bertz CT molecular complexity index is 969. The standard InChI is InChI=1S/C26H31N3O4/c1-33-23-12-10-22(11-13-23)29-19-21(18-25(29)31)26(32)28-16-14-27(15-17-28)24(30)9-5-8-20-6-3-2-4-7-20/h2-4,6-7,10-13,21H,5,8-9,14-19H2,1H3. The first-order chi connectivity index (χ1) is 16.0. The molecule has 2 aliphatic heterocycles. The molecule has 2 aromatic carbocycles. The van der Waals surface area contributed by atoms with Gasteiger partial charge in [-0.15, -0.1) is 0 Å². The first kappa shape index (κ1) is 22.8. The van der Waals surface area contributed by atoms with E-state index in [2.05, 4.69) is 12.1 Å². The molecule has 0 saturated carbocycles. The second-order valence-electron chi connectivity index (χ2n) is 8.65. The van der Waals surface area contributed by atoms with E-state index in [4.69, 9.17) is 4.74 Å². The highest BCUT2D eigenvalue weighted by molar-refractivity contribution is 6.00. The molecular formula is C26H31N3O4. The molecule has 0 aliphatic carbocycles. The molecule has 2 heterocycles. The quantitative estimate of drug-likeness (QED) is 0.652. The van der Waals surface area contributed by atoms with Crippen LogP contribution in [-0.2, 0) is 20.8 Å². The molecule has 1 unspecified atom stereocenters. The van der Waals surface area contributed by atoms with E-state index in [9.17, 15) is 14.4 Å². The van der Waals surface area contributed by atoms with Crippen molar-refractivity contribution in [1.82, 2.24) is 9.80 Å². The fraction of sp³-hybridized carbons (Fsp3) is 0.423. The smallest absolute Gasteiger partial charge is 0.228 e. The largest absolute Gasteiger partial charge is 0.497 e. The van der Waals surface area contributed by atoms with E-state index in [1.165, 1.54) is 5.56 Å². The van der Waals surface area contributed by atoms with Crippen LogP contribution in [0.1, 0.15) is 24.8 Å². The molecule has 7 nitrogen and oxygen atoms in total. The van der Waals surface area contributed by atoms with Gasteiger partial charge in [0.25, 0.3) is 0 Å². The molecule has 0 bridgehead atoms. The zero-order valence-corrected chi connectivity index (χ0v) is 19.1. The van der Waals surface area contributed by atoms with Gasteiger partial charge < -0.3 is 19.4 Å². The molecule has 174 valence electrons. The molecule has 0 N–H and O–H groups in total. The lowest BCUT2D eigenvalue weighted by molar-refractivity contribution is -0.142. The maximum Gasteiger partial charge on any atom is 0.228 e. The number of carbonyl (C=O) groups excluding carboxylic acids is 3. The van der Waals surface area contributed by atoms with Crippen LogP contribution in [-0.4, -0.2) is 67.4 Å². The molecule has 2 aliphatic rings. The molecule has 0 spiro atoms. The van der Waals surface area contributed by atoms with E-state index in [-0.39, 0.29) is 30.1 Å². The maximum atomic E-state index is 13.1. The summed E-state index contributed by atoms with van der Waals surface area (Å²) in [4.78, 5) is 43.5. The highest BCUT2D eigenvalue weighted by Crippen LogP contribution is 2.28. The molecule has 2 aromatic rings. The monoisotopic (exact) mass is 449 g/mol. The van der Waals surface area contributed by atoms with Crippen molar-refractivity contribution >= 4 is 23.4 Å². The fourth-order valence-electron chi connectivity index (χ4n) is 4.57. The van der Waals surface area contributed by atoms with E-state index in [0.29, 0.717) is 39.1 Å². The Labute approximate surface area is 194 Å². The maximum absolute atomic E-state index is 13.1. The summed E-state index contributed by atoms with van der Waals surface area (Å²) in [5.74, 6) is 0.513. The minimum absolute atomic E-state index is 0.00976. The molecule has 2 saturated heterocycles. The third kappa shape index (κ3) is 5.53. The van der Waals surface area contributed by atoms with Crippen molar-refractivity contribution in [3.05, 3.63) is 60.2 Å². The van der Waals surface area contributed by atoms with Crippen LogP contribution in [0.5, 0.6) is 5.75 Å². The van der Waals surface area contributed by atoms with Gasteiger partial charge in [0.05, 0.1) is 13.0 Å². The summed E-state index contributed by atoms with van der Waals surface area (Å²) in [6, 6.07) is 17.5. The molecule has 1 atom stereocenters. The molecular weight excluding hydrogens is 418 g/mol. The van der Waals surface area contributed by atoms with Gasteiger partial charge in [-0.3, -0.25) is 14.4 Å². The van der Waals surface area contributed by atoms with Crippen molar-refractivity contribution < 1.29 is 19.1 Å². The van der Waals surface area contributed by atoms with Gasteiger partial charge in [0.1, 0.15) is 5.75 Å². The average molecular weight is 450 g/mol. The molecule has 7 heteroatoms. The summed E-state index contributed by atoms with van der Waals surface area (Å²) in [5.41, 5.74) is 2.03. The first-order valence-electron chi connectivity index (χ1n) is 11.6. The number of ether oxygens (including phenoxy) is 1. The summed E-state index contributed by atoms with van der Waals surface area (Å²) in [5, 5.41) is 0. The van der Waals surface area contributed by atoms with Gasteiger partial charge >= 0.3 is 0 Å².